The standard InChI is InChI=1S/C18H25N5O/c1-17(2)11-23(18(17,3)4)16(24)21-15(10-22-13-19-12-20-22)14-8-6-5-7-9-14/h5-9,12-13,15H,10-11H2,1-4H3,(H,21,24)/t15-/m0/s1. The van der Waals surface area contributed by atoms with Crippen molar-refractivity contribution in [2.75, 3.05) is 6.54 Å². The highest BCUT2D eigenvalue weighted by molar-refractivity contribution is 5.77. The quantitative estimate of drug-likeness (QED) is 0.939. The molecule has 128 valence electrons. The summed E-state index contributed by atoms with van der Waals surface area (Å²) in [5.74, 6) is 0. The van der Waals surface area contributed by atoms with Crippen molar-refractivity contribution in [3.8, 4) is 0 Å². The van der Waals surface area contributed by atoms with Gasteiger partial charge in [0.2, 0.25) is 0 Å². The van der Waals surface area contributed by atoms with Gasteiger partial charge in [-0.2, -0.15) is 5.10 Å². The Morgan fingerprint density at radius 1 is 1.25 bits per heavy atom. The number of amides is 2. The van der Waals surface area contributed by atoms with Crippen molar-refractivity contribution in [2.45, 2.75) is 45.8 Å². The maximum atomic E-state index is 12.8. The highest BCUT2D eigenvalue weighted by Gasteiger charge is 2.54. The molecule has 1 N–H and O–H groups in total. The summed E-state index contributed by atoms with van der Waals surface area (Å²) < 4.78 is 1.74. The van der Waals surface area contributed by atoms with Gasteiger partial charge in [0, 0.05) is 17.5 Å². The molecule has 1 saturated heterocycles. The van der Waals surface area contributed by atoms with E-state index in [2.05, 4.69) is 43.1 Å². The molecular formula is C18H25N5O. The predicted molar refractivity (Wildman–Crippen MR) is 92.3 cm³/mol. The van der Waals surface area contributed by atoms with Gasteiger partial charge < -0.3 is 10.2 Å². The van der Waals surface area contributed by atoms with Gasteiger partial charge in [0.05, 0.1) is 12.6 Å². The number of carbonyl (C=O) groups is 1. The van der Waals surface area contributed by atoms with Crippen molar-refractivity contribution in [3.05, 3.63) is 48.5 Å². The molecule has 0 aliphatic carbocycles. The van der Waals surface area contributed by atoms with E-state index in [0.29, 0.717) is 6.54 Å². The van der Waals surface area contributed by atoms with Crippen LogP contribution in [0.15, 0.2) is 43.0 Å². The number of nitrogens with one attached hydrogen (secondary N) is 1. The summed E-state index contributed by atoms with van der Waals surface area (Å²) in [4.78, 5) is 18.7. The molecular weight excluding hydrogens is 302 g/mol. The Labute approximate surface area is 142 Å². The Morgan fingerprint density at radius 3 is 2.50 bits per heavy atom. The molecule has 2 amide bonds. The van der Waals surface area contributed by atoms with Crippen molar-refractivity contribution in [3.63, 3.8) is 0 Å². The summed E-state index contributed by atoms with van der Waals surface area (Å²) in [7, 11) is 0. The van der Waals surface area contributed by atoms with Gasteiger partial charge in [-0.1, -0.05) is 44.2 Å². The van der Waals surface area contributed by atoms with Crippen LogP contribution in [0, 0.1) is 5.41 Å². The van der Waals surface area contributed by atoms with Crippen molar-refractivity contribution < 1.29 is 4.79 Å². The number of urea groups is 1. The van der Waals surface area contributed by atoms with Crippen molar-refractivity contribution >= 4 is 6.03 Å². The number of hydrogen-bond donors (Lipinski definition) is 1. The molecule has 0 unspecified atom stereocenters. The van der Waals surface area contributed by atoms with Crippen molar-refractivity contribution in [1.29, 1.82) is 0 Å². The fourth-order valence-electron chi connectivity index (χ4n) is 3.05. The Kier molecular flexibility index (Phi) is 4.07. The number of rotatable bonds is 4. The van der Waals surface area contributed by atoms with E-state index in [0.717, 1.165) is 12.1 Å². The molecule has 3 rings (SSSR count). The molecule has 1 aromatic heterocycles. The number of carbonyl (C=O) groups excluding carboxylic acids is 1. The minimum absolute atomic E-state index is 0.0340. The number of likely N-dealkylation sites (tertiary alicyclic amines) is 1. The number of aromatic nitrogens is 3. The topological polar surface area (TPSA) is 63.1 Å². The summed E-state index contributed by atoms with van der Waals surface area (Å²) in [6, 6.07) is 9.78. The van der Waals surface area contributed by atoms with Gasteiger partial charge in [0.25, 0.3) is 0 Å². The van der Waals surface area contributed by atoms with Crippen LogP contribution in [0.2, 0.25) is 0 Å². The third kappa shape index (κ3) is 2.88. The first kappa shape index (κ1) is 16.5. The van der Waals surface area contributed by atoms with Crippen LogP contribution < -0.4 is 5.32 Å². The minimum atomic E-state index is -0.161. The lowest BCUT2D eigenvalue weighted by molar-refractivity contribution is -0.0814. The first-order chi connectivity index (χ1) is 11.3. The Morgan fingerprint density at radius 2 is 1.96 bits per heavy atom. The first-order valence-electron chi connectivity index (χ1n) is 8.27. The number of nitrogens with zero attached hydrogens (tertiary/aromatic N) is 4. The van der Waals surface area contributed by atoms with E-state index in [1.807, 2.05) is 35.2 Å². The molecule has 0 radical (unpaired) electrons. The molecule has 0 bridgehead atoms. The third-order valence-corrected chi connectivity index (χ3v) is 5.47. The first-order valence-corrected chi connectivity index (χ1v) is 8.27. The maximum absolute atomic E-state index is 12.8. The Balaban J connectivity index is 1.76. The SMILES string of the molecule is CC1(C)CN(C(=O)N[C@@H](Cn2cncn2)c2ccccc2)C1(C)C. The molecule has 1 aliphatic heterocycles. The van der Waals surface area contributed by atoms with E-state index in [1.165, 1.54) is 6.33 Å². The zero-order valence-electron chi connectivity index (χ0n) is 14.7. The van der Waals surface area contributed by atoms with Crippen LogP contribution in [-0.2, 0) is 6.54 Å². The van der Waals surface area contributed by atoms with E-state index >= 15 is 0 Å². The molecule has 2 heterocycles. The van der Waals surface area contributed by atoms with E-state index < -0.39 is 0 Å². The van der Waals surface area contributed by atoms with Gasteiger partial charge in [0.1, 0.15) is 12.7 Å². The van der Waals surface area contributed by atoms with Crippen LogP contribution in [0.25, 0.3) is 0 Å². The monoisotopic (exact) mass is 327 g/mol. The molecule has 1 atom stereocenters. The van der Waals surface area contributed by atoms with Crippen LogP contribution in [0.4, 0.5) is 4.79 Å². The molecule has 1 aliphatic rings. The van der Waals surface area contributed by atoms with Gasteiger partial charge in [-0.3, -0.25) is 4.68 Å². The van der Waals surface area contributed by atoms with Crippen molar-refractivity contribution in [1.82, 2.24) is 25.0 Å². The third-order valence-electron chi connectivity index (χ3n) is 5.47. The summed E-state index contributed by atoms with van der Waals surface area (Å²) in [5.41, 5.74) is 1.02. The fraction of sp³-hybridized carbons (Fsp3) is 0.500. The summed E-state index contributed by atoms with van der Waals surface area (Å²) in [6.45, 7) is 9.93. The van der Waals surface area contributed by atoms with Gasteiger partial charge in [0.15, 0.2) is 0 Å². The second-order valence-corrected chi connectivity index (χ2v) is 7.56. The second kappa shape index (κ2) is 5.92. The summed E-state index contributed by atoms with van der Waals surface area (Å²) in [5, 5.41) is 7.33. The van der Waals surface area contributed by atoms with Gasteiger partial charge >= 0.3 is 6.03 Å². The van der Waals surface area contributed by atoms with Crippen LogP contribution in [0.1, 0.15) is 39.3 Å². The second-order valence-electron chi connectivity index (χ2n) is 7.56. The smallest absolute Gasteiger partial charge is 0.318 e. The van der Waals surface area contributed by atoms with Gasteiger partial charge in [-0.25, -0.2) is 9.78 Å². The van der Waals surface area contributed by atoms with Crippen LogP contribution >= 0.6 is 0 Å². The van der Waals surface area contributed by atoms with Crippen LogP contribution in [0.3, 0.4) is 0 Å². The lowest BCUT2D eigenvalue weighted by Gasteiger charge is -2.61. The zero-order valence-corrected chi connectivity index (χ0v) is 14.7. The van der Waals surface area contributed by atoms with E-state index in [1.54, 1.807) is 11.0 Å². The molecule has 24 heavy (non-hydrogen) atoms. The van der Waals surface area contributed by atoms with Crippen LogP contribution in [-0.4, -0.2) is 37.8 Å². The predicted octanol–water partition coefficient (Wildman–Crippen LogP) is 2.85. The normalized spacial score (nSPS) is 19.4. The van der Waals surface area contributed by atoms with Crippen LogP contribution in [0.5, 0.6) is 0 Å². The number of benzene rings is 1. The summed E-state index contributed by atoms with van der Waals surface area (Å²) in [6.07, 6.45) is 3.17. The lowest BCUT2D eigenvalue weighted by atomic mass is 9.65. The zero-order chi connectivity index (χ0) is 17.4. The molecule has 6 heteroatoms. The molecule has 6 nitrogen and oxygen atoms in total. The van der Waals surface area contributed by atoms with E-state index in [4.69, 9.17) is 0 Å². The Hall–Kier alpha value is -2.37. The molecule has 2 aromatic rings. The van der Waals surface area contributed by atoms with Gasteiger partial charge in [-0.15, -0.1) is 0 Å². The minimum Gasteiger partial charge on any atom is -0.329 e. The molecule has 0 saturated carbocycles. The van der Waals surface area contributed by atoms with Gasteiger partial charge in [-0.05, 0) is 19.4 Å². The molecule has 0 spiro atoms. The highest BCUT2D eigenvalue weighted by atomic mass is 16.2. The molecule has 1 fully saturated rings. The average Bonchev–Trinajstić information content (AvgIpc) is 3.06. The maximum Gasteiger partial charge on any atom is 0.318 e. The summed E-state index contributed by atoms with van der Waals surface area (Å²) >= 11 is 0. The van der Waals surface area contributed by atoms with E-state index in [9.17, 15) is 4.79 Å². The number of hydrogen-bond acceptors (Lipinski definition) is 3. The van der Waals surface area contributed by atoms with Crippen molar-refractivity contribution in [2.24, 2.45) is 5.41 Å². The average molecular weight is 327 g/mol. The lowest BCUT2D eigenvalue weighted by Crippen LogP contribution is -2.72. The van der Waals surface area contributed by atoms with E-state index in [-0.39, 0.29) is 23.0 Å². The molecule has 1 aromatic carbocycles. The highest BCUT2D eigenvalue weighted by Crippen LogP contribution is 2.46. The fourth-order valence-corrected chi connectivity index (χ4v) is 3.05. The largest absolute Gasteiger partial charge is 0.329 e. The Bertz CT molecular complexity index is 693.